The Hall–Kier alpha value is -2.90. The first kappa shape index (κ1) is 19.4. The van der Waals surface area contributed by atoms with Gasteiger partial charge in [-0.1, -0.05) is 24.3 Å². The lowest BCUT2D eigenvalue weighted by Crippen LogP contribution is -2.37. The molecule has 0 aliphatic carbocycles. The van der Waals surface area contributed by atoms with Crippen LogP contribution in [0.1, 0.15) is 22.0 Å². The molecule has 1 aliphatic heterocycles. The SMILES string of the molecule is CN(CC(=O)NC(c1ccc(F)cc1)c1cccs1)Cc1ccc2c(c1)OCO2. The minimum absolute atomic E-state index is 0.101. The molecule has 2 heterocycles. The molecule has 0 radical (unpaired) electrons. The molecule has 1 unspecified atom stereocenters. The highest BCUT2D eigenvalue weighted by atomic mass is 32.1. The van der Waals surface area contributed by atoms with E-state index < -0.39 is 0 Å². The van der Waals surface area contributed by atoms with Gasteiger partial charge in [0.05, 0.1) is 12.6 Å². The van der Waals surface area contributed by atoms with Crippen molar-refractivity contribution in [2.45, 2.75) is 12.6 Å². The molecule has 3 aromatic rings. The Morgan fingerprint density at radius 2 is 1.97 bits per heavy atom. The summed E-state index contributed by atoms with van der Waals surface area (Å²) in [4.78, 5) is 15.6. The Labute approximate surface area is 172 Å². The predicted molar refractivity (Wildman–Crippen MR) is 110 cm³/mol. The van der Waals surface area contributed by atoms with Gasteiger partial charge in [0.25, 0.3) is 0 Å². The smallest absolute Gasteiger partial charge is 0.234 e. The van der Waals surface area contributed by atoms with Gasteiger partial charge in [-0.05, 0) is 53.9 Å². The van der Waals surface area contributed by atoms with Crippen LogP contribution in [0.25, 0.3) is 0 Å². The largest absolute Gasteiger partial charge is 0.454 e. The number of carbonyl (C=O) groups is 1. The fourth-order valence-corrected chi connectivity index (χ4v) is 4.09. The number of hydrogen-bond donors (Lipinski definition) is 1. The molecule has 2 aromatic carbocycles. The zero-order valence-corrected chi connectivity index (χ0v) is 16.7. The Morgan fingerprint density at radius 1 is 1.17 bits per heavy atom. The first-order chi connectivity index (χ1) is 14.1. The van der Waals surface area contributed by atoms with Crippen LogP contribution in [0.15, 0.2) is 60.0 Å². The molecular weight excluding hydrogens is 391 g/mol. The van der Waals surface area contributed by atoms with Gasteiger partial charge in [-0.15, -0.1) is 11.3 Å². The van der Waals surface area contributed by atoms with E-state index in [0.717, 1.165) is 27.5 Å². The molecule has 4 rings (SSSR count). The maximum absolute atomic E-state index is 13.3. The molecule has 1 aromatic heterocycles. The molecule has 150 valence electrons. The molecule has 0 fully saturated rings. The van der Waals surface area contributed by atoms with Gasteiger partial charge in [-0.2, -0.15) is 0 Å². The zero-order valence-electron chi connectivity index (χ0n) is 15.9. The van der Waals surface area contributed by atoms with E-state index in [1.807, 2.05) is 47.7 Å². The topological polar surface area (TPSA) is 50.8 Å². The molecule has 1 aliphatic rings. The normalized spacial score (nSPS) is 13.5. The third kappa shape index (κ3) is 4.75. The van der Waals surface area contributed by atoms with Crippen LogP contribution in [-0.4, -0.2) is 31.2 Å². The van der Waals surface area contributed by atoms with Gasteiger partial charge < -0.3 is 14.8 Å². The summed E-state index contributed by atoms with van der Waals surface area (Å²) in [7, 11) is 1.89. The number of likely N-dealkylation sites (N-methyl/N-ethyl adjacent to an activating group) is 1. The van der Waals surface area contributed by atoms with Crippen LogP contribution in [0, 0.1) is 5.82 Å². The number of nitrogens with zero attached hydrogens (tertiary/aromatic N) is 1. The number of hydrogen-bond acceptors (Lipinski definition) is 5. The van der Waals surface area contributed by atoms with Gasteiger partial charge in [-0.25, -0.2) is 4.39 Å². The Morgan fingerprint density at radius 3 is 2.72 bits per heavy atom. The van der Waals surface area contributed by atoms with Gasteiger partial charge in [0.2, 0.25) is 12.7 Å². The van der Waals surface area contributed by atoms with E-state index in [4.69, 9.17) is 9.47 Å². The number of benzene rings is 2. The van der Waals surface area contributed by atoms with Crippen LogP contribution in [0.3, 0.4) is 0 Å². The third-order valence-corrected chi connectivity index (χ3v) is 5.58. The minimum atomic E-state index is -0.304. The standard InChI is InChI=1S/C22H21FN2O3S/c1-25(12-15-4-9-18-19(11-15)28-14-27-18)13-21(26)24-22(20-3-2-10-29-20)16-5-7-17(23)8-6-16/h2-11,22H,12-14H2,1H3,(H,24,26). The zero-order chi connectivity index (χ0) is 20.2. The Balaban J connectivity index is 1.40. The van der Waals surface area contributed by atoms with E-state index in [1.165, 1.54) is 12.1 Å². The highest BCUT2D eigenvalue weighted by molar-refractivity contribution is 7.10. The fraction of sp³-hybridized carbons (Fsp3) is 0.227. The van der Waals surface area contributed by atoms with E-state index in [2.05, 4.69) is 5.32 Å². The predicted octanol–water partition coefficient (Wildman–Crippen LogP) is 3.95. The van der Waals surface area contributed by atoms with Crippen molar-refractivity contribution in [3.05, 3.63) is 81.8 Å². The van der Waals surface area contributed by atoms with Crippen LogP contribution in [0.5, 0.6) is 11.5 Å². The molecule has 7 heteroatoms. The van der Waals surface area contributed by atoms with Crippen LogP contribution in [0.4, 0.5) is 4.39 Å². The molecule has 29 heavy (non-hydrogen) atoms. The minimum Gasteiger partial charge on any atom is -0.454 e. The molecular formula is C22H21FN2O3S. The molecule has 1 N–H and O–H groups in total. The molecule has 1 atom stereocenters. The summed E-state index contributed by atoms with van der Waals surface area (Å²) in [5, 5.41) is 5.04. The van der Waals surface area contributed by atoms with Gasteiger partial charge in [-0.3, -0.25) is 9.69 Å². The number of thiophene rings is 1. The van der Waals surface area contributed by atoms with Crippen molar-refractivity contribution in [2.24, 2.45) is 0 Å². The summed E-state index contributed by atoms with van der Waals surface area (Å²) in [5.74, 6) is 1.08. The van der Waals surface area contributed by atoms with Crippen molar-refractivity contribution in [3.63, 3.8) is 0 Å². The molecule has 1 amide bonds. The first-order valence-electron chi connectivity index (χ1n) is 9.24. The Kier molecular flexibility index (Phi) is 5.78. The quantitative estimate of drug-likeness (QED) is 0.638. The number of fused-ring (bicyclic) bond motifs is 1. The second kappa shape index (κ2) is 8.63. The summed E-state index contributed by atoms with van der Waals surface area (Å²) >= 11 is 1.56. The maximum atomic E-state index is 13.3. The van der Waals surface area contributed by atoms with E-state index in [0.29, 0.717) is 6.54 Å². The fourth-order valence-electron chi connectivity index (χ4n) is 3.29. The van der Waals surface area contributed by atoms with Crippen molar-refractivity contribution < 1.29 is 18.7 Å². The van der Waals surface area contributed by atoms with Crippen molar-refractivity contribution in [3.8, 4) is 11.5 Å². The number of nitrogens with one attached hydrogen (secondary N) is 1. The van der Waals surface area contributed by atoms with Crippen molar-refractivity contribution in [1.82, 2.24) is 10.2 Å². The second-order valence-electron chi connectivity index (χ2n) is 6.93. The molecule has 5 nitrogen and oxygen atoms in total. The number of carbonyl (C=O) groups excluding carboxylic acids is 1. The van der Waals surface area contributed by atoms with Crippen molar-refractivity contribution in [1.29, 1.82) is 0 Å². The highest BCUT2D eigenvalue weighted by Crippen LogP contribution is 2.32. The number of ether oxygens (including phenoxy) is 2. The van der Waals surface area contributed by atoms with Gasteiger partial charge >= 0.3 is 0 Å². The van der Waals surface area contributed by atoms with Crippen LogP contribution < -0.4 is 14.8 Å². The molecule has 0 bridgehead atoms. The summed E-state index contributed by atoms with van der Waals surface area (Å²) in [5.41, 5.74) is 1.89. The lowest BCUT2D eigenvalue weighted by molar-refractivity contribution is -0.122. The van der Waals surface area contributed by atoms with Crippen molar-refractivity contribution >= 4 is 17.2 Å². The van der Waals surface area contributed by atoms with Crippen LogP contribution >= 0.6 is 11.3 Å². The van der Waals surface area contributed by atoms with E-state index in [-0.39, 0.29) is 31.1 Å². The van der Waals surface area contributed by atoms with Gasteiger partial charge in [0.15, 0.2) is 11.5 Å². The summed E-state index contributed by atoms with van der Waals surface area (Å²) in [6, 6.07) is 15.6. The average Bonchev–Trinajstić information content (AvgIpc) is 3.38. The van der Waals surface area contributed by atoms with E-state index >= 15 is 0 Å². The van der Waals surface area contributed by atoms with E-state index in [9.17, 15) is 9.18 Å². The lowest BCUT2D eigenvalue weighted by atomic mass is 10.1. The average molecular weight is 412 g/mol. The molecule has 0 spiro atoms. The van der Waals surface area contributed by atoms with Crippen molar-refractivity contribution in [2.75, 3.05) is 20.4 Å². The van der Waals surface area contributed by atoms with Gasteiger partial charge in [0, 0.05) is 11.4 Å². The summed E-state index contributed by atoms with van der Waals surface area (Å²) in [6.07, 6.45) is 0. The number of halogens is 1. The second-order valence-corrected chi connectivity index (χ2v) is 7.91. The van der Waals surface area contributed by atoms with Crippen LogP contribution in [-0.2, 0) is 11.3 Å². The maximum Gasteiger partial charge on any atom is 0.234 e. The highest BCUT2D eigenvalue weighted by Gasteiger charge is 2.19. The summed E-state index contributed by atoms with van der Waals surface area (Å²) < 4.78 is 24.0. The van der Waals surface area contributed by atoms with E-state index in [1.54, 1.807) is 23.5 Å². The first-order valence-corrected chi connectivity index (χ1v) is 10.1. The van der Waals surface area contributed by atoms with Crippen LogP contribution in [0.2, 0.25) is 0 Å². The number of rotatable bonds is 7. The third-order valence-electron chi connectivity index (χ3n) is 4.64. The molecule has 0 saturated heterocycles. The van der Waals surface area contributed by atoms with Gasteiger partial charge in [0.1, 0.15) is 5.82 Å². The Bertz CT molecular complexity index is 976. The molecule has 0 saturated carbocycles. The lowest BCUT2D eigenvalue weighted by Gasteiger charge is -2.21. The number of amides is 1. The summed E-state index contributed by atoms with van der Waals surface area (Å²) in [6.45, 7) is 1.08. The monoisotopic (exact) mass is 412 g/mol.